The average molecular weight is 297 g/mol. The number of halogens is 3. The van der Waals surface area contributed by atoms with Crippen molar-refractivity contribution in [2.24, 2.45) is 5.73 Å². The molecule has 0 aliphatic carbocycles. The molecule has 1 amide bonds. The van der Waals surface area contributed by atoms with Crippen molar-refractivity contribution in [3.63, 3.8) is 0 Å². The number of rotatable bonds is 4. The molecular formula is C14H11ClF2N2O. The van der Waals surface area contributed by atoms with Crippen LogP contribution in [0.5, 0.6) is 0 Å². The number of anilines is 1. The number of carbonyl (C=O) groups excluding carboxylic acids is 1. The summed E-state index contributed by atoms with van der Waals surface area (Å²) in [5, 5.41) is 3.26. The third kappa shape index (κ3) is 3.24. The van der Waals surface area contributed by atoms with E-state index in [1.165, 1.54) is 30.3 Å². The molecule has 0 heterocycles. The van der Waals surface area contributed by atoms with Gasteiger partial charge >= 0.3 is 0 Å². The van der Waals surface area contributed by atoms with Crippen LogP contribution < -0.4 is 11.1 Å². The minimum absolute atomic E-state index is 0.105. The van der Waals surface area contributed by atoms with Crippen molar-refractivity contribution in [3.8, 4) is 0 Å². The number of carbonyl (C=O) groups is 1. The zero-order valence-electron chi connectivity index (χ0n) is 10.3. The van der Waals surface area contributed by atoms with Gasteiger partial charge in [-0.3, -0.25) is 4.79 Å². The molecule has 0 aliphatic rings. The molecule has 20 heavy (non-hydrogen) atoms. The van der Waals surface area contributed by atoms with Gasteiger partial charge in [-0.05, 0) is 24.3 Å². The highest BCUT2D eigenvalue weighted by molar-refractivity contribution is 6.33. The van der Waals surface area contributed by atoms with Gasteiger partial charge in [0.05, 0.1) is 10.7 Å². The Morgan fingerprint density at radius 3 is 2.60 bits per heavy atom. The van der Waals surface area contributed by atoms with Crippen LogP contribution in [0.25, 0.3) is 0 Å². The van der Waals surface area contributed by atoms with E-state index in [1.54, 1.807) is 0 Å². The summed E-state index contributed by atoms with van der Waals surface area (Å²) in [4.78, 5) is 11.1. The summed E-state index contributed by atoms with van der Waals surface area (Å²) in [5.41, 5.74) is 6.19. The first kappa shape index (κ1) is 14.3. The fraction of sp³-hybridized carbons (Fsp3) is 0.0714. The fourth-order valence-corrected chi connectivity index (χ4v) is 1.85. The lowest BCUT2D eigenvalue weighted by Crippen LogP contribution is -2.11. The summed E-state index contributed by atoms with van der Waals surface area (Å²) in [6, 6.07) is 7.80. The summed E-state index contributed by atoms with van der Waals surface area (Å²) in [6.45, 7) is 0.105. The molecule has 0 radical (unpaired) electrons. The monoisotopic (exact) mass is 296 g/mol. The third-order valence-corrected chi connectivity index (χ3v) is 3.06. The summed E-state index contributed by atoms with van der Waals surface area (Å²) in [7, 11) is 0. The molecule has 2 aromatic carbocycles. The largest absolute Gasteiger partial charge is 0.380 e. The van der Waals surface area contributed by atoms with E-state index in [-0.39, 0.29) is 17.7 Å². The van der Waals surface area contributed by atoms with Gasteiger partial charge in [0.15, 0.2) is 0 Å². The van der Waals surface area contributed by atoms with Crippen LogP contribution in [0.1, 0.15) is 15.9 Å². The molecular weight excluding hydrogens is 286 g/mol. The second-order valence-electron chi connectivity index (χ2n) is 4.15. The van der Waals surface area contributed by atoms with Crippen LogP contribution in [0, 0.1) is 11.6 Å². The van der Waals surface area contributed by atoms with Crippen LogP contribution in [-0.4, -0.2) is 5.91 Å². The van der Waals surface area contributed by atoms with E-state index in [0.717, 1.165) is 6.07 Å². The number of primary amides is 1. The normalized spacial score (nSPS) is 10.3. The molecule has 0 aromatic heterocycles. The first-order chi connectivity index (χ1) is 9.47. The maximum Gasteiger partial charge on any atom is 0.248 e. The van der Waals surface area contributed by atoms with Crippen molar-refractivity contribution in [2.45, 2.75) is 6.54 Å². The molecule has 6 heteroatoms. The van der Waals surface area contributed by atoms with Crippen LogP contribution in [0.3, 0.4) is 0 Å². The predicted molar refractivity (Wildman–Crippen MR) is 73.7 cm³/mol. The van der Waals surface area contributed by atoms with Gasteiger partial charge in [0.1, 0.15) is 11.6 Å². The van der Waals surface area contributed by atoms with Gasteiger partial charge in [-0.15, -0.1) is 0 Å². The second kappa shape index (κ2) is 5.88. The molecule has 2 aromatic rings. The smallest absolute Gasteiger partial charge is 0.248 e. The Bertz CT molecular complexity index is 662. The number of hydrogen-bond donors (Lipinski definition) is 2. The van der Waals surface area contributed by atoms with Crippen LogP contribution >= 0.6 is 11.6 Å². The highest BCUT2D eigenvalue weighted by Gasteiger charge is 2.08. The van der Waals surface area contributed by atoms with Crippen molar-refractivity contribution >= 4 is 23.2 Å². The van der Waals surface area contributed by atoms with Crippen LogP contribution in [0.2, 0.25) is 5.02 Å². The lowest BCUT2D eigenvalue weighted by molar-refractivity contribution is 0.100. The average Bonchev–Trinajstić information content (AvgIpc) is 2.39. The molecule has 3 nitrogen and oxygen atoms in total. The second-order valence-corrected chi connectivity index (χ2v) is 4.56. The molecule has 0 aliphatic heterocycles. The number of amides is 1. The van der Waals surface area contributed by atoms with Gasteiger partial charge in [0.25, 0.3) is 0 Å². The molecule has 104 valence electrons. The Balaban J connectivity index is 2.18. The highest BCUT2D eigenvalue weighted by Crippen LogP contribution is 2.24. The minimum Gasteiger partial charge on any atom is -0.380 e. The summed E-state index contributed by atoms with van der Waals surface area (Å²) in [6.07, 6.45) is 0. The van der Waals surface area contributed by atoms with Crippen LogP contribution in [0.4, 0.5) is 14.5 Å². The molecule has 2 rings (SSSR count). The van der Waals surface area contributed by atoms with Gasteiger partial charge in [0, 0.05) is 23.7 Å². The van der Waals surface area contributed by atoms with E-state index >= 15 is 0 Å². The van der Waals surface area contributed by atoms with Crippen LogP contribution in [-0.2, 0) is 6.54 Å². The number of benzene rings is 2. The molecule has 0 saturated carbocycles. The van der Waals surface area contributed by atoms with Crippen molar-refractivity contribution in [1.82, 2.24) is 0 Å². The standard InChI is InChI=1S/C14H11ClF2N2O/c15-11-4-2-8(14(18)20)5-13(11)19-7-9-1-3-10(16)6-12(9)17/h1-6,19H,7H2,(H2,18,20). The number of nitrogens with one attached hydrogen (secondary N) is 1. The lowest BCUT2D eigenvalue weighted by Gasteiger charge is -2.10. The van der Waals surface area contributed by atoms with E-state index in [4.69, 9.17) is 17.3 Å². The van der Waals surface area contributed by atoms with Gasteiger partial charge in [-0.2, -0.15) is 0 Å². The van der Waals surface area contributed by atoms with Crippen LogP contribution in [0.15, 0.2) is 36.4 Å². The number of hydrogen-bond acceptors (Lipinski definition) is 2. The molecule has 0 fully saturated rings. The van der Waals surface area contributed by atoms with Gasteiger partial charge in [0.2, 0.25) is 5.91 Å². The highest BCUT2D eigenvalue weighted by atomic mass is 35.5. The Morgan fingerprint density at radius 2 is 1.95 bits per heavy atom. The fourth-order valence-electron chi connectivity index (χ4n) is 1.67. The first-order valence-electron chi connectivity index (χ1n) is 5.74. The minimum atomic E-state index is -0.653. The summed E-state index contributed by atoms with van der Waals surface area (Å²) in [5.74, 6) is -1.88. The first-order valence-corrected chi connectivity index (χ1v) is 6.12. The summed E-state index contributed by atoms with van der Waals surface area (Å²) < 4.78 is 26.3. The van der Waals surface area contributed by atoms with E-state index in [9.17, 15) is 13.6 Å². The number of nitrogens with two attached hydrogens (primary N) is 1. The predicted octanol–water partition coefficient (Wildman–Crippen LogP) is 3.33. The Kier molecular flexibility index (Phi) is 4.20. The molecule has 0 unspecified atom stereocenters. The topological polar surface area (TPSA) is 55.1 Å². The zero-order valence-corrected chi connectivity index (χ0v) is 11.0. The van der Waals surface area contributed by atoms with E-state index in [2.05, 4.69) is 5.32 Å². The van der Waals surface area contributed by atoms with Gasteiger partial charge in [-0.1, -0.05) is 17.7 Å². The Morgan fingerprint density at radius 1 is 1.20 bits per heavy atom. The summed E-state index contributed by atoms with van der Waals surface area (Å²) >= 11 is 5.96. The van der Waals surface area contributed by atoms with E-state index < -0.39 is 17.5 Å². The molecule has 0 saturated heterocycles. The zero-order chi connectivity index (χ0) is 14.7. The van der Waals surface area contributed by atoms with Crippen molar-refractivity contribution in [2.75, 3.05) is 5.32 Å². The van der Waals surface area contributed by atoms with Crippen molar-refractivity contribution < 1.29 is 13.6 Å². The Hall–Kier alpha value is -2.14. The van der Waals surface area contributed by atoms with Crippen molar-refractivity contribution in [1.29, 1.82) is 0 Å². The lowest BCUT2D eigenvalue weighted by atomic mass is 10.1. The third-order valence-electron chi connectivity index (χ3n) is 2.74. The van der Waals surface area contributed by atoms with Gasteiger partial charge in [-0.25, -0.2) is 8.78 Å². The maximum absolute atomic E-state index is 13.5. The maximum atomic E-state index is 13.5. The SMILES string of the molecule is NC(=O)c1ccc(Cl)c(NCc2ccc(F)cc2F)c1. The van der Waals surface area contributed by atoms with E-state index in [1.807, 2.05) is 0 Å². The molecule has 0 atom stereocenters. The van der Waals surface area contributed by atoms with Gasteiger partial charge < -0.3 is 11.1 Å². The van der Waals surface area contributed by atoms with Crippen molar-refractivity contribution in [3.05, 3.63) is 64.2 Å². The molecule has 0 bridgehead atoms. The Labute approximate surface area is 119 Å². The molecule has 0 spiro atoms. The molecule has 3 N–H and O–H groups in total. The van der Waals surface area contributed by atoms with E-state index in [0.29, 0.717) is 10.7 Å². The quantitative estimate of drug-likeness (QED) is 0.909.